The third kappa shape index (κ3) is 4.67. The van der Waals surface area contributed by atoms with Crippen molar-refractivity contribution in [2.24, 2.45) is 0 Å². The van der Waals surface area contributed by atoms with E-state index in [1.54, 1.807) is 11.1 Å². The van der Waals surface area contributed by atoms with E-state index < -0.39 is 5.60 Å². The molecule has 2 heterocycles. The van der Waals surface area contributed by atoms with E-state index in [0.717, 1.165) is 25.7 Å². The van der Waals surface area contributed by atoms with Gasteiger partial charge in [0.1, 0.15) is 5.60 Å². The Bertz CT molecular complexity index is 503. The minimum Gasteiger partial charge on any atom is -0.444 e. The van der Waals surface area contributed by atoms with Crippen molar-refractivity contribution in [2.45, 2.75) is 57.5 Å². The largest absolute Gasteiger partial charge is 0.444 e. The highest BCUT2D eigenvalue weighted by atomic mass is 16.6. The van der Waals surface area contributed by atoms with Crippen LogP contribution >= 0.6 is 0 Å². The Morgan fingerprint density at radius 3 is 2.61 bits per heavy atom. The van der Waals surface area contributed by atoms with Gasteiger partial charge in [-0.05, 0) is 58.1 Å². The highest BCUT2D eigenvalue weighted by Gasteiger charge is 2.38. The maximum Gasteiger partial charge on any atom is 0.410 e. The molecule has 1 aromatic rings. The molecule has 1 fully saturated rings. The molecule has 128 valence electrons. The monoisotopic (exact) mass is 320 g/mol. The van der Waals surface area contributed by atoms with E-state index in [1.807, 2.05) is 33.0 Å². The lowest BCUT2D eigenvalue weighted by Crippen LogP contribution is -2.47. The van der Waals surface area contributed by atoms with Crippen molar-refractivity contribution < 1.29 is 14.6 Å². The zero-order chi connectivity index (χ0) is 16.9. The molecule has 23 heavy (non-hydrogen) atoms. The van der Waals surface area contributed by atoms with Crippen LogP contribution in [0.3, 0.4) is 0 Å². The summed E-state index contributed by atoms with van der Waals surface area (Å²) in [5.41, 5.74) is 0.735. The topological polar surface area (TPSA) is 62.7 Å². The predicted molar refractivity (Wildman–Crippen MR) is 89.3 cm³/mol. The number of carbonyl (C=O) groups excluding carboxylic acids is 1. The van der Waals surface area contributed by atoms with Gasteiger partial charge in [0, 0.05) is 37.5 Å². The van der Waals surface area contributed by atoms with Crippen molar-refractivity contribution >= 4 is 6.09 Å². The van der Waals surface area contributed by atoms with Crippen LogP contribution in [0.5, 0.6) is 0 Å². The molecule has 2 rings (SSSR count). The lowest BCUT2D eigenvalue weighted by atomic mass is 9.70. The molecule has 5 heteroatoms. The minimum atomic E-state index is -0.466. The maximum absolute atomic E-state index is 12.2. The van der Waals surface area contributed by atoms with Crippen molar-refractivity contribution in [3.8, 4) is 0 Å². The Morgan fingerprint density at radius 2 is 2.09 bits per heavy atom. The Balaban J connectivity index is 2.07. The fraction of sp³-hybridized carbons (Fsp3) is 0.667. The number of aromatic nitrogens is 1. The standard InChI is InChI=1S/C18H28N2O3/c1-17(2,3)23-16(22)20-11-8-18(9-12-20,7-5-13-21)15-6-4-10-19-14-15/h4,6,10,14,21H,5,7-9,11-13H2,1-3H3. The van der Waals surface area contributed by atoms with Gasteiger partial charge in [0.05, 0.1) is 0 Å². The predicted octanol–water partition coefficient (Wildman–Crippen LogP) is 3.12. The SMILES string of the molecule is CC(C)(C)OC(=O)N1CCC(CCCO)(c2cccnc2)CC1. The van der Waals surface area contributed by atoms with E-state index in [4.69, 9.17) is 4.74 Å². The summed E-state index contributed by atoms with van der Waals surface area (Å²) in [5.74, 6) is 0. The average molecular weight is 320 g/mol. The van der Waals surface area contributed by atoms with Crippen LogP contribution in [0.25, 0.3) is 0 Å². The first kappa shape index (κ1) is 17.7. The fourth-order valence-corrected chi connectivity index (χ4v) is 3.22. The number of amides is 1. The number of aliphatic hydroxyl groups excluding tert-OH is 1. The normalized spacial score (nSPS) is 17.8. The summed E-state index contributed by atoms with van der Waals surface area (Å²) in [6.45, 7) is 7.20. The van der Waals surface area contributed by atoms with Gasteiger partial charge in [-0.2, -0.15) is 0 Å². The molecule has 1 aliphatic heterocycles. The summed E-state index contributed by atoms with van der Waals surface area (Å²) in [5, 5.41) is 9.23. The van der Waals surface area contributed by atoms with E-state index in [9.17, 15) is 9.90 Å². The number of ether oxygens (including phenoxy) is 1. The number of hydrogen-bond donors (Lipinski definition) is 1. The Hall–Kier alpha value is -1.62. The molecule has 0 unspecified atom stereocenters. The molecule has 1 N–H and O–H groups in total. The molecular weight excluding hydrogens is 292 g/mol. The van der Waals surface area contributed by atoms with Crippen molar-refractivity contribution in [2.75, 3.05) is 19.7 Å². The fourth-order valence-electron chi connectivity index (χ4n) is 3.22. The number of piperidine rings is 1. The molecule has 0 aliphatic carbocycles. The van der Waals surface area contributed by atoms with Crippen LogP contribution in [0.15, 0.2) is 24.5 Å². The summed E-state index contributed by atoms with van der Waals surface area (Å²) in [4.78, 5) is 18.3. The van der Waals surface area contributed by atoms with E-state index in [0.29, 0.717) is 13.1 Å². The second-order valence-corrected chi connectivity index (χ2v) is 7.32. The van der Waals surface area contributed by atoms with Gasteiger partial charge in [-0.15, -0.1) is 0 Å². The zero-order valence-electron chi connectivity index (χ0n) is 14.4. The summed E-state index contributed by atoms with van der Waals surface area (Å²) in [6, 6.07) is 4.06. The molecule has 0 spiro atoms. The average Bonchev–Trinajstić information content (AvgIpc) is 2.52. The van der Waals surface area contributed by atoms with Crippen LogP contribution in [0.1, 0.15) is 52.0 Å². The maximum atomic E-state index is 12.2. The van der Waals surface area contributed by atoms with Crippen molar-refractivity contribution in [3.63, 3.8) is 0 Å². The second-order valence-electron chi connectivity index (χ2n) is 7.32. The Labute approximate surface area is 138 Å². The summed E-state index contributed by atoms with van der Waals surface area (Å²) in [6.07, 6.45) is 6.88. The molecular formula is C18H28N2O3. The first-order valence-corrected chi connectivity index (χ1v) is 8.36. The lowest BCUT2D eigenvalue weighted by molar-refractivity contribution is 0.0155. The smallest absolute Gasteiger partial charge is 0.410 e. The third-order valence-electron chi connectivity index (χ3n) is 4.46. The number of carbonyl (C=O) groups is 1. The quantitative estimate of drug-likeness (QED) is 0.926. The van der Waals surface area contributed by atoms with Gasteiger partial charge in [-0.25, -0.2) is 4.79 Å². The minimum absolute atomic E-state index is 0.00446. The molecule has 1 saturated heterocycles. The van der Waals surface area contributed by atoms with Crippen LogP contribution in [0.2, 0.25) is 0 Å². The molecule has 0 saturated carbocycles. The van der Waals surface area contributed by atoms with Crippen molar-refractivity contribution in [1.29, 1.82) is 0 Å². The van der Waals surface area contributed by atoms with Gasteiger partial charge < -0.3 is 14.7 Å². The van der Waals surface area contributed by atoms with E-state index in [2.05, 4.69) is 11.1 Å². The van der Waals surface area contributed by atoms with Gasteiger partial charge in [0.15, 0.2) is 0 Å². The van der Waals surface area contributed by atoms with Crippen LogP contribution in [-0.4, -0.2) is 46.4 Å². The van der Waals surface area contributed by atoms with Gasteiger partial charge in [0.25, 0.3) is 0 Å². The number of nitrogens with zero attached hydrogens (tertiary/aromatic N) is 2. The number of likely N-dealkylation sites (tertiary alicyclic amines) is 1. The van der Waals surface area contributed by atoms with Gasteiger partial charge in [-0.3, -0.25) is 4.98 Å². The Morgan fingerprint density at radius 1 is 1.39 bits per heavy atom. The molecule has 1 amide bonds. The number of hydrogen-bond acceptors (Lipinski definition) is 4. The molecule has 5 nitrogen and oxygen atoms in total. The first-order chi connectivity index (χ1) is 10.9. The molecule has 0 aromatic carbocycles. The zero-order valence-corrected chi connectivity index (χ0v) is 14.4. The number of pyridine rings is 1. The number of rotatable bonds is 4. The lowest BCUT2D eigenvalue weighted by Gasteiger charge is -2.42. The van der Waals surface area contributed by atoms with E-state index in [1.165, 1.54) is 5.56 Å². The van der Waals surface area contributed by atoms with Crippen molar-refractivity contribution in [3.05, 3.63) is 30.1 Å². The summed E-state index contributed by atoms with van der Waals surface area (Å²) < 4.78 is 5.47. The molecule has 0 atom stereocenters. The highest BCUT2D eigenvalue weighted by molar-refractivity contribution is 5.68. The van der Waals surface area contributed by atoms with Crippen LogP contribution in [0, 0.1) is 0 Å². The first-order valence-electron chi connectivity index (χ1n) is 8.36. The van der Waals surface area contributed by atoms with Crippen LogP contribution < -0.4 is 0 Å². The molecule has 0 radical (unpaired) electrons. The van der Waals surface area contributed by atoms with E-state index >= 15 is 0 Å². The second kappa shape index (κ2) is 7.30. The van der Waals surface area contributed by atoms with Gasteiger partial charge in [-0.1, -0.05) is 6.07 Å². The van der Waals surface area contributed by atoms with Gasteiger partial charge >= 0.3 is 6.09 Å². The highest BCUT2D eigenvalue weighted by Crippen LogP contribution is 2.39. The van der Waals surface area contributed by atoms with Crippen LogP contribution in [0.4, 0.5) is 4.79 Å². The number of aliphatic hydroxyl groups is 1. The molecule has 1 aromatic heterocycles. The van der Waals surface area contributed by atoms with Crippen LogP contribution in [-0.2, 0) is 10.2 Å². The third-order valence-corrected chi connectivity index (χ3v) is 4.46. The van der Waals surface area contributed by atoms with E-state index in [-0.39, 0.29) is 18.1 Å². The summed E-state index contributed by atoms with van der Waals surface area (Å²) >= 11 is 0. The molecule has 1 aliphatic rings. The summed E-state index contributed by atoms with van der Waals surface area (Å²) in [7, 11) is 0. The Kier molecular flexibility index (Phi) is 5.63. The van der Waals surface area contributed by atoms with Gasteiger partial charge in [0.2, 0.25) is 0 Å². The molecule has 0 bridgehead atoms. The van der Waals surface area contributed by atoms with Crippen molar-refractivity contribution in [1.82, 2.24) is 9.88 Å².